The molecule has 1 heterocycles. The molecule has 2 unspecified atom stereocenters. The number of rotatable bonds is 1. The van der Waals surface area contributed by atoms with Crippen LogP contribution in [-0.4, -0.2) is 24.5 Å². The van der Waals surface area contributed by atoms with Gasteiger partial charge in [0, 0.05) is 12.1 Å². The Bertz CT molecular complexity index is 340. The summed E-state index contributed by atoms with van der Waals surface area (Å²) in [5.74, 6) is -0.167. The smallest absolute Gasteiger partial charge is 0.123 e. The number of piperidine rings is 1. The molecule has 1 saturated heterocycles. The van der Waals surface area contributed by atoms with Gasteiger partial charge in [0.2, 0.25) is 0 Å². The van der Waals surface area contributed by atoms with E-state index in [0.29, 0.717) is 0 Å². The highest BCUT2D eigenvalue weighted by Gasteiger charge is 2.25. The fourth-order valence-electron chi connectivity index (χ4n) is 2.21. The summed E-state index contributed by atoms with van der Waals surface area (Å²) in [6.45, 7) is 0.988. The van der Waals surface area contributed by atoms with Crippen molar-refractivity contribution in [1.82, 2.24) is 4.90 Å². The van der Waals surface area contributed by atoms with Crippen molar-refractivity contribution in [3.05, 3.63) is 35.6 Å². The van der Waals surface area contributed by atoms with Crippen LogP contribution in [0.3, 0.4) is 0 Å². The fraction of sp³-hybridized carbons (Fsp3) is 0.500. The fourth-order valence-corrected chi connectivity index (χ4v) is 2.21. The van der Waals surface area contributed by atoms with Crippen molar-refractivity contribution >= 4 is 0 Å². The molecular formula is C12H17FN2. The lowest BCUT2D eigenvalue weighted by molar-refractivity contribution is 0.171. The third-order valence-electron chi connectivity index (χ3n) is 3.14. The standard InChI is InChI=1S/C12H17FN2/c1-15-6-5-11(14)8-12(15)9-3-2-4-10(13)7-9/h2-4,7,11-12H,5-6,8,14H2,1H3. The molecule has 0 saturated carbocycles. The Labute approximate surface area is 89.9 Å². The summed E-state index contributed by atoms with van der Waals surface area (Å²) >= 11 is 0. The Kier molecular flexibility index (Phi) is 3.03. The maximum absolute atomic E-state index is 13.1. The molecule has 1 aliphatic rings. The minimum atomic E-state index is -0.167. The molecule has 1 fully saturated rings. The van der Waals surface area contributed by atoms with Crippen LogP contribution in [0.25, 0.3) is 0 Å². The van der Waals surface area contributed by atoms with E-state index in [9.17, 15) is 4.39 Å². The van der Waals surface area contributed by atoms with Crippen molar-refractivity contribution in [2.45, 2.75) is 24.9 Å². The Morgan fingerprint density at radius 1 is 1.47 bits per heavy atom. The third-order valence-corrected chi connectivity index (χ3v) is 3.14. The molecular weight excluding hydrogens is 191 g/mol. The van der Waals surface area contributed by atoms with Crippen LogP contribution < -0.4 is 5.73 Å². The van der Waals surface area contributed by atoms with E-state index in [-0.39, 0.29) is 17.9 Å². The highest BCUT2D eigenvalue weighted by Crippen LogP contribution is 2.29. The van der Waals surface area contributed by atoms with Gasteiger partial charge in [-0.1, -0.05) is 12.1 Å². The average Bonchev–Trinajstić information content (AvgIpc) is 2.22. The molecule has 2 atom stereocenters. The second-order valence-corrected chi connectivity index (χ2v) is 4.34. The lowest BCUT2D eigenvalue weighted by Crippen LogP contribution is -2.39. The molecule has 0 bridgehead atoms. The second kappa shape index (κ2) is 4.29. The van der Waals surface area contributed by atoms with E-state index < -0.39 is 0 Å². The number of halogens is 1. The van der Waals surface area contributed by atoms with Crippen molar-refractivity contribution in [3.63, 3.8) is 0 Å². The Morgan fingerprint density at radius 2 is 2.27 bits per heavy atom. The number of hydrogen-bond acceptors (Lipinski definition) is 2. The van der Waals surface area contributed by atoms with Gasteiger partial charge in [0.1, 0.15) is 5.82 Å². The predicted octanol–water partition coefficient (Wildman–Crippen LogP) is 1.92. The maximum atomic E-state index is 13.1. The van der Waals surface area contributed by atoms with Crippen molar-refractivity contribution < 1.29 is 4.39 Å². The topological polar surface area (TPSA) is 29.3 Å². The molecule has 15 heavy (non-hydrogen) atoms. The molecule has 0 spiro atoms. The van der Waals surface area contributed by atoms with Gasteiger partial charge in [-0.15, -0.1) is 0 Å². The minimum absolute atomic E-state index is 0.167. The van der Waals surface area contributed by atoms with Gasteiger partial charge in [0.25, 0.3) is 0 Å². The first kappa shape index (κ1) is 10.6. The van der Waals surface area contributed by atoms with E-state index in [0.717, 1.165) is 24.9 Å². The second-order valence-electron chi connectivity index (χ2n) is 4.34. The number of benzene rings is 1. The van der Waals surface area contributed by atoms with Gasteiger partial charge < -0.3 is 5.73 Å². The Morgan fingerprint density at radius 3 is 3.00 bits per heavy atom. The summed E-state index contributed by atoms with van der Waals surface area (Å²) in [6.07, 6.45) is 1.95. The molecule has 82 valence electrons. The van der Waals surface area contributed by atoms with E-state index in [1.807, 2.05) is 6.07 Å². The Balaban J connectivity index is 2.21. The summed E-state index contributed by atoms with van der Waals surface area (Å²) in [5.41, 5.74) is 6.98. The van der Waals surface area contributed by atoms with Gasteiger partial charge in [0.05, 0.1) is 0 Å². The number of nitrogens with two attached hydrogens (primary N) is 1. The van der Waals surface area contributed by atoms with E-state index in [1.165, 1.54) is 6.07 Å². The van der Waals surface area contributed by atoms with Crippen LogP contribution in [0.2, 0.25) is 0 Å². The first-order valence-corrected chi connectivity index (χ1v) is 5.38. The van der Waals surface area contributed by atoms with Crippen molar-refractivity contribution in [3.8, 4) is 0 Å². The molecule has 0 radical (unpaired) electrons. The van der Waals surface area contributed by atoms with Gasteiger partial charge in [-0.05, 0) is 44.1 Å². The zero-order valence-electron chi connectivity index (χ0n) is 8.99. The molecule has 3 heteroatoms. The molecule has 1 aliphatic heterocycles. The molecule has 2 rings (SSSR count). The van der Waals surface area contributed by atoms with E-state index in [1.54, 1.807) is 12.1 Å². The monoisotopic (exact) mass is 208 g/mol. The van der Waals surface area contributed by atoms with Crippen LogP contribution in [0, 0.1) is 5.82 Å². The highest BCUT2D eigenvalue weighted by molar-refractivity contribution is 5.21. The Hall–Kier alpha value is -0.930. The van der Waals surface area contributed by atoms with Gasteiger partial charge >= 0.3 is 0 Å². The maximum Gasteiger partial charge on any atom is 0.123 e. The van der Waals surface area contributed by atoms with Crippen LogP contribution in [0.1, 0.15) is 24.4 Å². The lowest BCUT2D eigenvalue weighted by atomic mass is 9.93. The van der Waals surface area contributed by atoms with Crippen LogP contribution in [0.5, 0.6) is 0 Å². The zero-order chi connectivity index (χ0) is 10.8. The quantitative estimate of drug-likeness (QED) is 0.764. The lowest BCUT2D eigenvalue weighted by Gasteiger charge is -2.36. The van der Waals surface area contributed by atoms with Gasteiger partial charge in [0.15, 0.2) is 0 Å². The summed E-state index contributed by atoms with van der Waals surface area (Å²) in [4.78, 5) is 2.25. The summed E-state index contributed by atoms with van der Waals surface area (Å²) in [5, 5.41) is 0. The SMILES string of the molecule is CN1CCC(N)CC1c1cccc(F)c1. The molecule has 0 amide bonds. The predicted molar refractivity (Wildman–Crippen MR) is 59.0 cm³/mol. The third kappa shape index (κ3) is 2.36. The first-order chi connectivity index (χ1) is 7.16. The van der Waals surface area contributed by atoms with Crippen LogP contribution in [-0.2, 0) is 0 Å². The molecule has 2 nitrogen and oxygen atoms in total. The highest BCUT2D eigenvalue weighted by atomic mass is 19.1. The van der Waals surface area contributed by atoms with E-state index >= 15 is 0 Å². The van der Waals surface area contributed by atoms with Crippen molar-refractivity contribution in [2.75, 3.05) is 13.6 Å². The van der Waals surface area contributed by atoms with Crippen LogP contribution >= 0.6 is 0 Å². The van der Waals surface area contributed by atoms with Gasteiger partial charge in [-0.3, -0.25) is 4.90 Å². The molecule has 1 aromatic carbocycles. The summed E-state index contributed by atoms with van der Waals surface area (Å²) < 4.78 is 13.1. The number of hydrogen-bond donors (Lipinski definition) is 1. The summed E-state index contributed by atoms with van der Waals surface area (Å²) in [7, 11) is 2.07. The average molecular weight is 208 g/mol. The van der Waals surface area contributed by atoms with Crippen LogP contribution in [0.15, 0.2) is 24.3 Å². The van der Waals surface area contributed by atoms with Gasteiger partial charge in [-0.2, -0.15) is 0 Å². The van der Waals surface area contributed by atoms with E-state index in [4.69, 9.17) is 5.73 Å². The van der Waals surface area contributed by atoms with Gasteiger partial charge in [-0.25, -0.2) is 4.39 Å². The largest absolute Gasteiger partial charge is 0.328 e. The van der Waals surface area contributed by atoms with Crippen molar-refractivity contribution in [2.24, 2.45) is 5.73 Å². The molecule has 0 aromatic heterocycles. The molecule has 1 aromatic rings. The van der Waals surface area contributed by atoms with Crippen molar-refractivity contribution in [1.29, 1.82) is 0 Å². The first-order valence-electron chi connectivity index (χ1n) is 5.38. The summed E-state index contributed by atoms with van der Waals surface area (Å²) in [6, 6.07) is 7.34. The van der Waals surface area contributed by atoms with E-state index in [2.05, 4.69) is 11.9 Å². The number of likely N-dealkylation sites (tertiary alicyclic amines) is 1. The zero-order valence-corrected chi connectivity index (χ0v) is 8.99. The number of nitrogens with zero attached hydrogens (tertiary/aromatic N) is 1. The minimum Gasteiger partial charge on any atom is -0.328 e. The molecule has 0 aliphatic carbocycles. The van der Waals surface area contributed by atoms with Crippen LogP contribution in [0.4, 0.5) is 4.39 Å². The molecule has 2 N–H and O–H groups in total. The normalized spacial score (nSPS) is 27.9.